The van der Waals surface area contributed by atoms with Crippen LogP contribution in [-0.2, 0) is 16.1 Å². The van der Waals surface area contributed by atoms with E-state index in [0.29, 0.717) is 11.7 Å². The largest absolute Gasteiger partial charge is 0.497 e. The van der Waals surface area contributed by atoms with Crippen molar-refractivity contribution in [1.82, 2.24) is 9.97 Å². The van der Waals surface area contributed by atoms with Gasteiger partial charge in [0.2, 0.25) is 5.91 Å². The summed E-state index contributed by atoms with van der Waals surface area (Å²) in [5.41, 5.74) is 1.69. The number of carbonyl (C=O) groups excluding carboxylic acids is 2. The number of anilines is 1. The van der Waals surface area contributed by atoms with Gasteiger partial charge in [-0.15, -0.1) is 0 Å². The number of pyridine rings is 1. The van der Waals surface area contributed by atoms with Gasteiger partial charge in [0.15, 0.2) is 10.2 Å². The number of thiazole rings is 1. The third-order valence-electron chi connectivity index (χ3n) is 3.58. The summed E-state index contributed by atoms with van der Waals surface area (Å²) in [4.78, 5) is 34.2. The summed E-state index contributed by atoms with van der Waals surface area (Å²) in [5, 5.41) is 0.500. The predicted molar refractivity (Wildman–Crippen MR) is 105 cm³/mol. The number of amides is 1. The molecule has 0 radical (unpaired) electrons. The van der Waals surface area contributed by atoms with Gasteiger partial charge in [-0.3, -0.25) is 19.5 Å². The minimum atomic E-state index is -0.167. The van der Waals surface area contributed by atoms with Gasteiger partial charge in [-0.1, -0.05) is 29.2 Å². The maximum Gasteiger partial charge on any atom is 0.239 e. The van der Waals surface area contributed by atoms with Crippen LogP contribution in [0.4, 0.5) is 5.13 Å². The van der Waals surface area contributed by atoms with Gasteiger partial charge in [0, 0.05) is 19.3 Å². The van der Waals surface area contributed by atoms with Crippen molar-refractivity contribution in [3.05, 3.63) is 48.3 Å². The highest BCUT2D eigenvalue weighted by Crippen LogP contribution is 2.32. The highest BCUT2D eigenvalue weighted by atomic mass is 32.2. The molecule has 0 aliphatic carbocycles. The molecule has 8 heteroatoms. The zero-order chi connectivity index (χ0) is 18.5. The molecule has 0 saturated carbocycles. The van der Waals surface area contributed by atoms with Crippen molar-refractivity contribution in [1.29, 1.82) is 0 Å². The summed E-state index contributed by atoms with van der Waals surface area (Å²) < 4.78 is 6.18. The van der Waals surface area contributed by atoms with Crippen LogP contribution in [0.25, 0.3) is 10.2 Å². The van der Waals surface area contributed by atoms with Crippen LogP contribution < -0.4 is 9.64 Å². The summed E-state index contributed by atoms with van der Waals surface area (Å²) in [6.45, 7) is 1.80. The highest BCUT2D eigenvalue weighted by molar-refractivity contribution is 8.14. The molecule has 0 atom stereocenters. The summed E-state index contributed by atoms with van der Waals surface area (Å²) in [5.74, 6) is 0.652. The number of methoxy groups -OCH3 is 1. The van der Waals surface area contributed by atoms with Gasteiger partial charge < -0.3 is 4.74 Å². The Kier molecular flexibility index (Phi) is 5.85. The third-order valence-corrected chi connectivity index (χ3v) is 5.42. The summed E-state index contributed by atoms with van der Waals surface area (Å²) in [6.07, 6.45) is 3.40. The molecule has 134 valence electrons. The van der Waals surface area contributed by atoms with E-state index in [-0.39, 0.29) is 16.8 Å². The fraction of sp³-hybridized carbons (Fsp3) is 0.222. The van der Waals surface area contributed by atoms with Crippen molar-refractivity contribution in [2.45, 2.75) is 13.5 Å². The molecule has 26 heavy (non-hydrogen) atoms. The molecule has 0 N–H and O–H groups in total. The molecule has 0 spiro atoms. The lowest BCUT2D eigenvalue weighted by molar-refractivity contribution is -0.116. The Labute approximate surface area is 159 Å². The Morgan fingerprint density at radius 2 is 2.15 bits per heavy atom. The average Bonchev–Trinajstić information content (AvgIpc) is 3.07. The third kappa shape index (κ3) is 4.39. The number of benzene rings is 1. The highest BCUT2D eigenvalue weighted by Gasteiger charge is 2.21. The quantitative estimate of drug-likeness (QED) is 0.644. The molecule has 0 aliphatic heterocycles. The smallest absolute Gasteiger partial charge is 0.239 e. The zero-order valence-corrected chi connectivity index (χ0v) is 16.0. The molecule has 3 aromatic rings. The number of ether oxygens (including phenoxy) is 1. The number of hydrogen-bond acceptors (Lipinski definition) is 7. The lowest BCUT2D eigenvalue weighted by atomic mass is 10.2. The molecular weight excluding hydrogens is 370 g/mol. The van der Waals surface area contributed by atoms with Crippen LogP contribution in [0.5, 0.6) is 5.75 Å². The van der Waals surface area contributed by atoms with Crippen LogP contribution in [0.3, 0.4) is 0 Å². The monoisotopic (exact) mass is 387 g/mol. The lowest BCUT2D eigenvalue weighted by Crippen LogP contribution is -2.32. The standard InChI is InChI=1S/C18H17N3O3S2/c1-12(22)25-11-17(23)21(10-13-4-3-7-19-9-13)18-20-15-6-5-14(24-2)8-16(15)26-18/h3-9H,10-11H2,1-2H3. The SMILES string of the molecule is COc1ccc2nc(N(Cc3cccnc3)C(=O)CSC(C)=O)sc2c1. The topological polar surface area (TPSA) is 72.4 Å². The van der Waals surface area contributed by atoms with Crippen LogP contribution >= 0.6 is 23.1 Å². The Morgan fingerprint density at radius 1 is 1.31 bits per heavy atom. The van der Waals surface area contributed by atoms with Gasteiger partial charge >= 0.3 is 0 Å². The molecule has 0 saturated heterocycles. The Morgan fingerprint density at radius 3 is 2.85 bits per heavy atom. The van der Waals surface area contributed by atoms with Crippen LogP contribution in [0.2, 0.25) is 0 Å². The van der Waals surface area contributed by atoms with E-state index in [1.165, 1.54) is 18.3 Å². The van der Waals surface area contributed by atoms with Crippen molar-refractivity contribution >= 4 is 49.5 Å². The van der Waals surface area contributed by atoms with Gasteiger partial charge in [0.1, 0.15) is 5.75 Å². The molecule has 0 bridgehead atoms. The van der Waals surface area contributed by atoms with E-state index in [0.717, 1.165) is 33.3 Å². The van der Waals surface area contributed by atoms with E-state index in [2.05, 4.69) is 9.97 Å². The number of hydrogen-bond donors (Lipinski definition) is 0. The number of carbonyl (C=O) groups is 2. The Balaban J connectivity index is 1.93. The summed E-state index contributed by atoms with van der Waals surface area (Å²) in [6, 6.07) is 9.33. The van der Waals surface area contributed by atoms with E-state index in [1.807, 2.05) is 30.3 Å². The molecule has 2 aromatic heterocycles. The van der Waals surface area contributed by atoms with Gasteiger partial charge in [-0.2, -0.15) is 0 Å². The number of aromatic nitrogens is 2. The fourth-order valence-corrected chi connectivity index (χ4v) is 3.81. The van der Waals surface area contributed by atoms with E-state index >= 15 is 0 Å². The van der Waals surface area contributed by atoms with Gasteiger partial charge in [-0.05, 0) is 29.8 Å². The Hall–Kier alpha value is -2.45. The normalized spacial score (nSPS) is 10.7. The predicted octanol–water partition coefficient (Wildman–Crippen LogP) is 3.51. The van der Waals surface area contributed by atoms with E-state index in [4.69, 9.17) is 4.74 Å². The first-order chi connectivity index (χ1) is 12.6. The molecule has 0 fully saturated rings. The maximum atomic E-state index is 12.7. The van der Waals surface area contributed by atoms with Crippen molar-refractivity contribution < 1.29 is 14.3 Å². The second-order valence-corrected chi connectivity index (χ2v) is 7.61. The van der Waals surface area contributed by atoms with Crippen molar-refractivity contribution in [3.63, 3.8) is 0 Å². The van der Waals surface area contributed by atoms with E-state index < -0.39 is 0 Å². The summed E-state index contributed by atoms with van der Waals surface area (Å²) in [7, 11) is 1.61. The molecule has 1 aromatic carbocycles. The number of thioether (sulfide) groups is 1. The van der Waals surface area contributed by atoms with E-state index in [1.54, 1.807) is 24.4 Å². The molecule has 0 aliphatic rings. The zero-order valence-electron chi connectivity index (χ0n) is 14.3. The van der Waals surface area contributed by atoms with Gasteiger partial charge in [0.05, 0.1) is 29.6 Å². The van der Waals surface area contributed by atoms with Crippen LogP contribution in [0.15, 0.2) is 42.7 Å². The van der Waals surface area contributed by atoms with Crippen LogP contribution in [-0.4, -0.2) is 33.9 Å². The fourth-order valence-electron chi connectivity index (χ4n) is 2.31. The van der Waals surface area contributed by atoms with Crippen LogP contribution in [0, 0.1) is 0 Å². The molecule has 3 rings (SSSR count). The van der Waals surface area contributed by atoms with Crippen molar-refractivity contribution in [3.8, 4) is 5.75 Å². The van der Waals surface area contributed by atoms with Gasteiger partial charge in [-0.25, -0.2) is 4.98 Å². The number of nitrogens with zero attached hydrogens (tertiary/aromatic N) is 3. The minimum Gasteiger partial charge on any atom is -0.497 e. The first-order valence-corrected chi connectivity index (χ1v) is 9.64. The second kappa shape index (κ2) is 8.29. The van der Waals surface area contributed by atoms with E-state index in [9.17, 15) is 9.59 Å². The first kappa shape index (κ1) is 18.3. The first-order valence-electron chi connectivity index (χ1n) is 7.84. The molecule has 6 nitrogen and oxygen atoms in total. The summed E-state index contributed by atoms with van der Waals surface area (Å²) >= 11 is 2.41. The molecular formula is C18H17N3O3S2. The maximum absolute atomic E-state index is 12.7. The molecule has 2 heterocycles. The average molecular weight is 387 g/mol. The number of fused-ring (bicyclic) bond motifs is 1. The van der Waals surface area contributed by atoms with Crippen LogP contribution in [0.1, 0.15) is 12.5 Å². The van der Waals surface area contributed by atoms with Gasteiger partial charge in [0.25, 0.3) is 0 Å². The molecule has 1 amide bonds. The number of rotatable bonds is 6. The van der Waals surface area contributed by atoms with Crippen molar-refractivity contribution in [2.75, 3.05) is 17.8 Å². The Bertz CT molecular complexity index is 928. The lowest BCUT2D eigenvalue weighted by Gasteiger charge is -2.19. The second-order valence-electron chi connectivity index (χ2n) is 5.45. The van der Waals surface area contributed by atoms with Crippen molar-refractivity contribution in [2.24, 2.45) is 0 Å². The minimum absolute atomic E-state index is 0.0782. The molecule has 0 unspecified atom stereocenters.